The zero-order valence-corrected chi connectivity index (χ0v) is 17.3. The number of carbonyl (C=O) groups is 2. The first-order valence-electron chi connectivity index (χ1n) is 9.74. The van der Waals surface area contributed by atoms with E-state index in [1.807, 2.05) is 51.1 Å². The van der Waals surface area contributed by atoms with Crippen molar-refractivity contribution in [2.45, 2.75) is 51.9 Å². The van der Waals surface area contributed by atoms with Gasteiger partial charge in [-0.05, 0) is 39.2 Å². The number of nitrogens with zero attached hydrogens (tertiary/aromatic N) is 2. The van der Waals surface area contributed by atoms with Gasteiger partial charge in [-0.2, -0.15) is 0 Å². The minimum absolute atomic E-state index is 0.0168. The van der Waals surface area contributed by atoms with Crippen LogP contribution in [0.3, 0.4) is 0 Å². The number of rotatable bonds is 6. The quantitative estimate of drug-likeness (QED) is 0.739. The molecular formula is C21H32N2O5. The van der Waals surface area contributed by atoms with Gasteiger partial charge in [-0.25, -0.2) is 9.59 Å². The van der Waals surface area contributed by atoms with E-state index in [0.717, 1.165) is 5.56 Å². The Bertz CT molecular complexity index is 621. The Morgan fingerprint density at radius 1 is 1.14 bits per heavy atom. The number of benzene rings is 1. The van der Waals surface area contributed by atoms with Crippen LogP contribution in [-0.4, -0.2) is 67.0 Å². The number of likely N-dealkylation sites (tertiary alicyclic amines) is 1. The van der Waals surface area contributed by atoms with Gasteiger partial charge in [0.25, 0.3) is 0 Å². The monoisotopic (exact) mass is 392 g/mol. The van der Waals surface area contributed by atoms with Crippen LogP contribution in [0.4, 0.5) is 9.59 Å². The van der Waals surface area contributed by atoms with Crippen LogP contribution in [0.2, 0.25) is 0 Å². The molecule has 28 heavy (non-hydrogen) atoms. The van der Waals surface area contributed by atoms with Gasteiger partial charge in [0.05, 0.1) is 6.61 Å². The number of carbonyl (C=O) groups excluding carboxylic acids is 2. The molecule has 1 aliphatic rings. The predicted octanol–water partition coefficient (Wildman–Crippen LogP) is 3.67. The lowest BCUT2D eigenvalue weighted by molar-refractivity contribution is 0.00186. The van der Waals surface area contributed by atoms with Crippen molar-refractivity contribution >= 4 is 12.2 Å². The van der Waals surface area contributed by atoms with Crippen LogP contribution in [0.5, 0.6) is 0 Å². The first-order valence-corrected chi connectivity index (χ1v) is 9.74. The molecule has 0 aromatic heterocycles. The Morgan fingerprint density at radius 3 is 2.36 bits per heavy atom. The Hall–Kier alpha value is -2.28. The van der Waals surface area contributed by atoms with Gasteiger partial charge in [-0.15, -0.1) is 0 Å². The lowest BCUT2D eigenvalue weighted by Gasteiger charge is -2.38. The van der Waals surface area contributed by atoms with Crippen molar-refractivity contribution in [2.24, 2.45) is 0 Å². The fourth-order valence-corrected chi connectivity index (χ4v) is 3.10. The summed E-state index contributed by atoms with van der Waals surface area (Å²) in [4.78, 5) is 28.3. The summed E-state index contributed by atoms with van der Waals surface area (Å²) in [6, 6.07) is 9.63. The van der Waals surface area contributed by atoms with Gasteiger partial charge >= 0.3 is 12.2 Å². The molecular weight excluding hydrogens is 360 g/mol. The molecule has 7 heteroatoms. The van der Waals surface area contributed by atoms with Crippen LogP contribution < -0.4 is 0 Å². The highest BCUT2D eigenvalue weighted by Crippen LogP contribution is 2.20. The van der Waals surface area contributed by atoms with E-state index < -0.39 is 5.60 Å². The van der Waals surface area contributed by atoms with Crippen molar-refractivity contribution in [3.63, 3.8) is 0 Å². The summed E-state index contributed by atoms with van der Waals surface area (Å²) < 4.78 is 16.1. The smallest absolute Gasteiger partial charge is 0.410 e. The Labute approximate surface area is 167 Å². The van der Waals surface area contributed by atoms with E-state index >= 15 is 0 Å². The van der Waals surface area contributed by atoms with Crippen LogP contribution in [-0.2, 0) is 20.8 Å². The molecule has 1 fully saturated rings. The third kappa shape index (κ3) is 7.03. The molecule has 0 saturated carbocycles. The van der Waals surface area contributed by atoms with Crippen LogP contribution in [0.15, 0.2) is 30.3 Å². The molecule has 0 aliphatic carbocycles. The molecule has 2 amide bonds. The minimum atomic E-state index is -0.551. The molecule has 0 atom stereocenters. The second-order valence-corrected chi connectivity index (χ2v) is 7.92. The highest BCUT2D eigenvalue weighted by atomic mass is 16.6. The van der Waals surface area contributed by atoms with Crippen molar-refractivity contribution in [2.75, 3.05) is 33.4 Å². The summed E-state index contributed by atoms with van der Waals surface area (Å²) in [7, 11) is 1.61. The van der Waals surface area contributed by atoms with Gasteiger partial charge in [0.2, 0.25) is 0 Å². The van der Waals surface area contributed by atoms with Crippen LogP contribution >= 0.6 is 0 Å². The molecule has 1 heterocycles. The molecule has 0 unspecified atom stereocenters. The summed E-state index contributed by atoms with van der Waals surface area (Å²) in [5, 5.41) is 0. The van der Waals surface area contributed by atoms with Gasteiger partial charge in [-0.1, -0.05) is 30.3 Å². The number of hydrogen-bond donors (Lipinski definition) is 0. The van der Waals surface area contributed by atoms with E-state index in [4.69, 9.17) is 14.2 Å². The third-order valence-corrected chi connectivity index (χ3v) is 4.53. The molecule has 1 aliphatic heterocycles. The molecule has 7 nitrogen and oxygen atoms in total. The van der Waals surface area contributed by atoms with Crippen LogP contribution in [0.1, 0.15) is 39.2 Å². The van der Waals surface area contributed by atoms with Crippen molar-refractivity contribution in [3.8, 4) is 0 Å². The molecule has 0 radical (unpaired) electrons. The fourth-order valence-electron chi connectivity index (χ4n) is 3.10. The average Bonchev–Trinajstić information content (AvgIpc) is 2.66. The SMILES string of the molecule is COCCN(C(=O)OC(C)(C)C)C1CCN(C(=O)OCc2ccccc2)CC1. The van der Waals surface area contributed by atoms with Crippen LogP contribution in [0.25, 0.3) is 0 Å². The summed E-state index contributed by atoms with van der Waals surface area (Å²) >= 11 is 0. The van der Waals surface area contributed by atoms with E-state index in [2.05, 4.69) is 0 Å². The van der Waals surface area contributed by atoms with E-state index in [1.54, 1.807) is 16.9 Å². The highest BCUT2D eigenvalue weighted by molar-refractivity contribution is 5.69. The van der Waals surface area contributed by atoms with E-state index in [0.29, 0.717) is 39.1 Å². The van der Waals surface area contributed by atoms with Crippen molar-refractivity contribution in [1.29, 1.82) is 0 Å². The maximum absolute atomic E-state index is 12.6. The van der Waals surface area contributed by atoms with Crippen molar-refractivity contribution in [3.05, 3.63) is 35.9 Å². The molecule has 156 valence electrons. The molecule has 1 aromatic carbocycles. The minimum Gasteiger partial charge on any atom is -0.445 e. The van der Waals surface area contributed by atoms with Gasteiger partial charge < -0.3 is 24.0 Å². The summed E-state index contributed by atoms with van der Waals surface area (Å²) in [5.41, 5.74) is 0.408. The van der Waals surface area contributed by atoms with Crippen molar-refractivity contribution in [1.82, 2.24) is 9.80 Å². The first kappa shape index (κ1) is 22.0. The first-order chi connectivity index (χ1) is 13.3. The molecule has 1 saturated heterocycles. The number of piperidine rings is 1. The number of hydrogen-bond acceptors (Lipinski definition) is 5. The zero-order valence-electron chi connectivity index (χ0n) is 17.3. The second kappa shape index (κ2) is 10.3. The normalized spacial score (nSPS) is 15.2. The number of ether oxygens (including phenoxy) is 3. The maximum atomic E-state index is 12.6. The Balaban J connectivity index is 1.86. The van der Waals surface area contributed by atoms with Gasteiger partial charge in [-0.3, -0.25) is 0 Å². The van der Waals surface area contributed by atoms with E-state index in [9.17, 15) is 9.59 Å². The van der Waals surface area contributed by atoms with E-state index in [-0.39, 0.29) is 24.8 Å². The highest BCUT2D eigenvalue weighted by Gasteiger charge is 2.32. The van der Waals surface area contributed by atoms with Crippen molar-refractivity contribution < 1.29 is 23.8 Å². The molecule has 0 N–H and O–H groups in total. The predicted molar refractivity (Wildman–Crippen MR) is 106 cm³/mol. The lowest BCUT2D eigenvalue weighted by atomic mass is 10.0. The van der Waals surface area contributed by atoms with Gasteiger partial charge in [0, 0.05) is 32.8 Å². The summed E-state index contributed by atoms with van der Waals surface area (Å²) in [5.74, 6) is 0. The third-order valence-electron chi connectivity index (χ3n) is 4.53. The Kier molecular flexibility index (Phi) is 8.11. The van der Waals surface area contributed by atoms with Crippen LogP contribution in [0, 0.1) is 0 Å². The summed E-state index contributed by atoms with van der Waals surface area (Å²) in [6.45, 7) is 7.82. The Morgan fingerprint density at radius 2 is 1.79 bits per heavy atom. The standard InChI is InChI=1S/C21H32N2O5/c1-21(2,3)28-20(25)23(14-15-26-4)18-10-12-22(13-11-18)19(24)27-16-17-8-6-5-7-9-17/h5-9,18H,10-16H2,1-4H3. The molecule has 0 bridgehead atoms. The van der Waals surface area contributed by atoms with E-state index in [1.165, 1.54) is 0 Å². The second-order valence-electron chi connectivity index (χ2n) is 7.92. The molecule has 2 rings (SSSR count). The lowest BCUT2D eigenvalue weighted by Crippen LogP contribution is -2.50. The van der Waals surface area contributed by atoms with Gasteiger partial charge in [0.1, 0.15) is 12.2 Å². The van der Waals surface area contributed by atoms with Gasteiger partial charge in [0.15, 0.2) is 0 Å². The zero-order chi connectivity index (χ0) is 20.6. The summed E-state index contributed by atoms with van der Waals surface area (Å²) in [6.07, 6.45) is 0.713. The fraction of sp³-hybridized carbons (Fsp3) is 0.619. The number of methoxy groups -OCH3 is 1. The average molecular weight is 392 g/mol. The maximum Gasteiger partial charge on any atom is 0.410 e. The molecule has 1 aromatic rings. The largest absolute Gasteiger partial charge is 0.445 e. The topological polar surface area (TPSA) is 68.3 Å². The number of amides is 2. The molecule has 0 spiro atoms.